The van der Waals surface area contributed by atoms with Crippen molar-refractivity contribution in [3.63, 3.8) is 0 Å². The van der Waals surface area contributed by atoms with E-state index in [4.69, 9.17) is 0 Å². The van der Waals surface area contributed by atoms with Gasteiger partial charge in [-0.3, -0.25) is 0 Å². The third kappa shape index (κ3) is 5.98. The molecular formula is C14H22F2N2O. The summed E-state index contributed by atoms with van der Waals surface area (Å²) in [5.41, 5.74) is 1.05. The van der Waals surface area contributed by atoms with Crippen LogP contribution in [0.25, 0.3) is 0 Å². The smallest absolute Gasteiger partial charge is 0.387 e. The number of alkyl halides is 2. The summed E-state index contributed by atoms with van der Waals surface area (Å²) >= 11 is 0. The second-order valence-electron chi connectivity index (χ2n) is 5.00. The lowest BCUT2D eigenvalue weighted by Crippen LogP contribution is -2.37. The molecule has 108 valence electrons. The Morgan fingerprint density at radius 2 is 1.74 bits per heavy atom. The van der Waals surface area contributed by atoms with Crippen LogP contribution >= 0.6 is 0 Å². The van der Waals surface area contributed by atoms with Crippen molar-refractivity contribution in [2.24, 2.45) is 0 Å². The second-order valence-corrected chi connectivity index (χ2v) is 5.00. The minimum absolute atomic E-state index is 0.163. The number of halogens is 2. The van der Waals surface area contributed by atoms with Crippen LogP contribution in [-0.4, -0.2) is 38.2 Å². The molecule has 19 heavy (non-hydrogen) atoms. The summed E-state index contributed by atoms with van der Waals surface area (Å²) in [6, 6.07) is 7.25. The van der Waals surface area contributed by atoms with E-state index in [2.05, 4.69) is 28.8 Å². The van der Waals surface area contributed by atoms with Crippen molar-refractivity contribution in [2.75, 3.05) is 20.6 Å². The van der Waals surface area contributed by atoms with Gasteiger partial charge in [0.2, 0.25) is 0 Å². The first-order valence-corrected chi connectivity index (χ1v) is 6.34. The van der Waals surface area contributed by atoms with Crippen LogP contribution in [0.1, 0.15) is 25.5 Å². The van der Waals surface area contributed by atoms with Crippen LogP contribution in [0.4, 0.5) is 8.78 Å². The van der Waals surface area contributed by atoms with Gasteiger partial charge in [0.15, 0.2) is 0 Å². The summed E-state index contributed by atoms with van der Waals surface area (Å²) < 4.78 is 28.4. The number of hydrogen-bond acceptors (Lipinski definition) is 3. The number of nitrogens with zero attached hydrogens (tertiary/aromatic N) is 1. The first-order valence-electron chi connectivity index (χ1n) is 6.34. The van der Waals surface area contributed by atoms with Crippen molar-refractivity contribution in [1.29, 1.82) is 0 Å². The van der Waals surface area contributed by atoms with E-state index in [9.17, 15) is 8.78 Å². The molecule has 2 atom stereocenters. The van der Waals surface area contributed by atoms with Crippen molar-refractivity contribution in [2.45, 2.75) is 32.5 Å². The maximum atomic E-state index is 12.0. The summed E-state index contributed by atoms with van der Waals surface area (Å²) in [5.74, 6) is 0.187. The SMILES string of the molecule is CC(CN(C)C)NC(C)c1ccc(OC(F)F)cc1. The van der Waals surface area contributed by atoms with E-state index in [1.54, 1.807) is 24.3 Å². The number of nitrogens with one attached hydrogen (secondary N) is 1. The molecule has 1 aromatic rings. The molecule has 0 spiro atoms. The Morgan fingerprint density at radius 3 is 2.21 bits per heavy atom. The normalized spacial score (nSPS) is 14.7. The van der Waals surface area contributed by atoms with Crippen LogP contribution in [0.15, 0.2) is 24.3 Å². The maximum absolute atomic E-state index is 12.0. The van der Waals surface area contributed by atoms with Gasteiger partial charge in [-0.1, -0.05) is 12.1 Å². The predicted molar refractivity (Wildman–Crippen MR) is 72.6 cm³/mol. The van der Waals surface area contributed by atoms with Crippen molar-refractivity contribution in [3.8, 4) is 5.75 Å². The standard InChI is InChI=1S/C14H22F2N2O/c1-10(9-18(3)4)17-11(2)12-5-7-13(8-6-12)19-14(15)16/h5-8,10-11,14,17H,9H2,1-4H3. The van der Waals surface area contributed by atoms with Crippen LogP contribution in [0.3, 0.4) is 0 Å². The Hall–Kier alpha value is -1.20. The zero-order valence-corrected chi connectivity index (χ0v) is 11.9. The average molecular weight is 272 g/mol. The fourth-order valence-corrected chi connectivity index (χ4v) is 2.06. The number of likely N-dealkylation sites (N-methyl/N-ethyl adjacent to an activating group) is 1. The fraction of sp³-hybridized carbons (Fsp3) is 0.571. The van der Waals surface area contributed by atoms with Crippen molar-refractivity contribution >= 4 is 0 Å². The molecule has 1 rings (SSSR count). The van der Waals surface area contributed by atoms with E-state index in [1.165, 1.54) is 0 Å². The number of hydrogen-bond donors (Lipinski definition) is 1. The Morgan fingerprint density at radius 1 is 1.16 bits per heavy atom. The first-order chi connectivity index (χ1) is 8.88. The molecule has 0 fully saturated rings. The van der Waals surface area contributed by atoms with E-state index in [-0.39, 0.29) is 11.8 Å². The lowest BCUT2D eigenvalue weighted by Gasteiger charge is -2.23. The van der Waals surface area contributed by atoms with E-state index >= 15 is 0 Å². The van der Waals surface area contributed by atoms with Gasteiger partial charge in [0, 0.05) is 18.6 Å². The first kappa shape index (κ1) is 15.9. The van der Waals surface area contributed by atoms with Crippen molar-refractivity contribution < 1.29 is 13.5 Å². The molecule has 5 heteroatoms. The minimum atomic E-state index is -2.78. The van der Waals surface area contributed by atoms with Gasteiger partial charge in [-0.2, -0.15) is 8.78 Å². The molecule has 0 bridgehead atoms. The van der Waals surface area contributed by atoms with Crippen LogP contribution in [0.5, 0.6) is 5.75 Å². The fourth-order valence-electron chi connectivity index (χ4n) is 2.06. The summed E-state index contributed by atoms with van der Waals surface area (Å²) in [7, 11) is 4.05. The number of benzene rings is 1. The Balaban J connectivity index is 2.55. The van der Waals surface area contributed by atoms with Gasteiger partial charge in [0.25, 0.3) is 0 Å². The lowest BCUT2D eigenvalue weighted by molar-refractivity contribution is -0.0498. The van der Waals surface area contributed by atoms with Crippen LogP contribution in [0.2, 0.25) is 0 Å². The molecule has 0 aliphatic carbocycles. The molecule has 0 saturated carbocycles. The quantitative estimate of drug-likeness (QED) is 0.826. The molecule has 0 heterocycles. The summed E-state index contributed by atoms with van der Waals surface area (Å²) in [5, 5.41) is 3.46. The molecule has 0 aliphatic heterocycles. The molecule has 1 N–H and O–H groups in total. The zero-order valence-electron chi connectivity index (χ0n) is 11.9. The molecule has 0 aromatic heterocycles. The third-order valence-electron chi connectivity index (χ3n) is 2.78. The van der Waals surface area contributed by atoms with Crippen LogP contribution in [0, 0.1) is 0 Å². The predicted octanol–water partition coefficient (Wildman–Crippen LogP) is 2.89. The molecule has 1 aromatic carbocycles. The molecule has 0 aliphatic rings. The summed E-state index contributed by atoms with van der Waals surface area (Å²) in [6.07, 6.45) is 0. The van der Waals surface area contributed by atoms with E-state index < -0.39 is 6.61 Å². The van der Waals surface area contributed by atoms with Crippen molar-refractivity contribution in [1.82, 2.24) is 10.2 Å². The highest BCUT2D eigenvalue weighted by Crippen LogP contribution is 2.19. The highest BCUT2D eigenvalue weighted by molar-refractivity contribution is 5.29. The Labute approximate surface area is 113 Å². The number of rotatable bonds is 7. The monoisotopic (exact) mass is 272 g/mol. The van der Waals surface area contributed by atoms with Gasteiger partial charge in [-0.05, 0) is 45.6 Å². The molecule has 0 amide bonds. The van der Waals surface area contributed by atoms with E-state index in [0.717, 1.165) is 12.1 Å². The summed E-state index contributed by atoms with van der Waals surface area (Å²) in [4.78, 5) is 2.12. The average Bonchev–Trinajstić information content (AvgIpc) is 2.27. The highest BCUT2D eigenvalue weighted by Gasteiger charge is 2.11. The van der Waals surface area contributed by atoms with E-state index in [0.29, 0.717) is 6.04 Å². The minimum Gasteiger partial charge on any atom is -0.435 e. The van der Waals surface area contributed by atoms with Gasteiger partial charge >= 0.3 is 6.61 Å². The van der Waals surface area contributed by atoms with Crippen LogP contribution in [-0.2, 0) is 0 Å². The molecule has 0 radical (unpaired) electrons. The number of ether oxygens (including phenoxy) is 1. The van der Waals surface area contributed by atoms with Crippen molar-refractivity contribution in [3.05, 3.63) is 29.8 Å². The summed E-state index contributed by atoms with van der Waals surface area (Å²) in [6.45, 7) is 2.33. The Bertz CT molecular complexity index is 368. The van der Waals surface area contributed by atoms with Gasteiger partial charge in [0.05, 0.1) is 0 Å². The molecular weight excluding hydrogens is 250 g/mol. The second kappa shape index (κ2) is 7.40. The topological polar surface area (TPSA) is 24.5 Å². The maximum Gasteiger partial charge on any atom is 0.387 e. The highest BCUT2D eigenvalue weighted by atomic mass is 19.3. The Kier molecular flexibility index (Phi) is 6.18. The third-order valence-corrected chi connectivity index (χ3v) is 2.78. The molecule has 3 nitrogen and oxygen atoms in total. The van der Waals surface area contributed by atoms with E-state index in [1.807, 2.05) is 14.1 Å². The largest absolute Gasteiger partial charge is 0.435 e. The molecule has 0 saturated heterocycles. The molecule has 2 unspecified atom stereocenters. The zero-order chi connectivity index (χ0) is 14.4. The van der Waals surface area contributed by atoms with Gasteiger partial charge in [-0.25, -0.2) is 0 Å². The van der Waals surface area contributed by atoms with Gasteiger partial charge in [0.1, 0.15) is 5.75 Å². The van der Waals surface area contributed by atoms with Gasteiger partial charge < -0.3 is 15.0 Å². The van der Waals surface area contributed by atoms with Gasteiger partial charge in [-0.15, -0.1) is 0 Å². The lowest BCUT2D eigenvalue weighted by atomic mass is 10.1. The van der Waals surface area contributed by atoms with Crippen LogP contribution < -0.4 is 10.1 Å².